The van der Waals surface area contributed by atoms with Crippen molar-refractivity contribution in [3.8, 4) is 0 Å². The third-order valence-electron chi connectivity index (χ3n) is 4.65. The Hall–Kier alpha value is -2.46. The van der Waals surface area contributed by atoms with Crippen LogP contribution in [-0.2, 0) is 16.1 Å². The van der Waals surface area contributed by atoms with E-state index in [4.69, 9.17) is 0 Å². The van der Waals surface area contributed by atoms with Gasteiger partial charge in [-0.3, -0.25) is 9.59 Å². The first-order valence-electron chi connectivity index (χ1n) is 8.62. The molecule has 4 heteroatoms. The van der Waals surface area contributed by atoms with Gasteiger partial charge in [-0.25, -0.2) is 0 Å². The fourth-order valence-electron chi connectivity index (χ4n) is 3.15. The molecule has 1 aliphatic carbocycles. The summed E-state index contributed by atoms with van der Waals surface area (Å²) in [6, 6.07) is 17.4. The highest BCUT2D eigenvalue weighted by atomic mass is 16.3. The molecule has 0 aromatic heterocycles. The molecule has 0 aliphatic heterocycles. The second-order valence-electron chi connectivity index (χ2n) is 6.78. The molecule has 0 heterocycles. The number of aliphatic hydroxyl groups is 1. The summed E-state index contributed by atoms with van der Waals surface area (Å²) in [5.41, 5.74) is 2.88. The number of rotatable bonds is 6. The standard InChI is InChI=1S/C21H23NO3/c1-15-6-5-9-17(10-15)20(24)14-22(13-16-7-3-2-4-8-16)21(25)18-11-19(23)12-18/h2-10,18,20,24H,11-14H2,1H3. The first-order valence-corrected chi connectivity index (χ1v) is 8.62. The van der Waals surface area contributed by atoms with Gasteiger partial charge in [0, 0.05) is 19.4 Å². The van der Waals surface area contributed by atoms with Crippen LogP contribution in [0.5, 0.6) is 0 Å². The zero-order chi connectivity index (χ0) is 17.8. The van der Waals surface area contributed by atoms with E-state index in [0.29, 0.717) is 19.4 Å². The lowest BCUT2D eigenvalue weighted by molar-refractivity contribution is -0.146. The van der Waals surface area contributed by atoms with Crippen LogP contribution in [0.15, 0.2) is 54.6 Å². The Morgan fingerprint density at radius 1 is 1.16 bits per heavy atom. The SMILES string of the molecule is Cc1cccc(C(O)CN(Cc2ccccc2)C(=O)C2CC(=O)C2)c1. The molecule has 3 rings (SSSR count). The van der Waals surface area contributed by atoms with Crippen LogP contribution < -0.4 is 0 Å². The zero-order valence-corrected chi connectivity index (χ0v) is 14.4. The van der Waals surface area contributed by atoms with Crippen LogP contribution in [0.1, 0.15) is 35.6 Å². The van der Waals surface area contributed by atoms with Crippen molar-refractivity contribution in [1.29, 1.82) is 0 Å². The van der Waals surface area contributed by atoms with Crippen LogP contribution in [-0.4, -0.2) is 28.2 Å². The lowest BCUT2D eigenvalue weighted by Gasteiger charge is -2.32. The molecule has 1 N–H and O–H groups in total. The van der Waals surface area contributed by atoms with E-state index in [-0.39, 0.29) is 24.2 Å². The number of carbonyl (C=O) groups is 2. The Balaban J connectivity index is 1.75. The molecule has 1 atom stereocenters. The summed E-state index contributed by atoms with van der Waals surface area (Å²) >= 11 is 0. The van der Waals surface area contributed by atoms with Crippen molar-refractivity contribution >= 4 is 11.7 Å². The van der Waals surface area contributed by atoms with Crippen molar-refractivity contribution in [2.45, 2.75) is 32.4 Å². The number of nitrogens with zero attached hydrogens (tertiary/aromatic N) is 1. The largest absolute Gasteiger partial charge is 0.387 e. The van der Waals surface area contributed by atoms with Crippen LogP contribution in [0.4, 0.5) is 0 Å². The van der Waals surface area contributed by atoms with Gasteiger partial charge in [-0.1, -0.05) is 60.2 Å². The van der Waals surface area contributed by atoms with Crippen molar-refractivity contribution in [1.82, 2.24) is 4.90 Å². The molecule has 1 fully saturated rings. The minimum atomic E-state index is -0.747. The summed E-state index contributed by atoms with van der Waals surface area (Å²) in [7, 11) is 0. The Kier molecular flexibility index (Phi) is 5.29. The van der Waals surface area contributed by atoms with Crippen molar-refractivity contribution in [3.05, 3.63) is 71.3 Å². The number of hydrogen-bond acceptors (Lipinski definition) is 3. The molecule has 1 unspecified atom stereocenters. The highest BCUT2D eigenvalue weighted by Crippen LogP contribution is 2.27. The van der Waals surface area contributed by atoms with Gasteiger partial charge in [-0.15, -0.1) is 0 Å². The first-order chi connectivity index (χ1) is 12.0. The number of hydrogen-bond donors (Lipinski definition) is 1. The van der Waals surface area contributed by atoms with Crippen molar-refractivity contribution in [2.75, 3.05) is 6.54 Å². The third kappa shape index (κ3) is 4.34. The minimum absolute atomic E-state index is 0.0462. The van der Waals surface area contributed by atoms with Gasteiger partial charge in [0.1, 0.15) is 5.78 Å². The highest BCUT2D eigenvalue weighted by molar-refractivity contribution is 5.96. The monoisotopic (exact) mass is 337 g/mol. The van der Waals surface area contributed by atoms with Gasteiger partial charge < -0.3 is 10.0 Å². The number of amides is 1. The molecular formula is C21H23NO3. The summed E-state index contributed by atoms with van der Waals surface area (Å²) in [5, 5.41) is 10.6. The van der Waals surface area contributed by atoms with Crippen LogP contribution in [0.25, 0.3) is 0 Å². The molecule has 2 aromatic rings. The molecule has 130 valence electrons. The summed E-state index contributed by atoms with van der Waals surface area (Å²) in [4.78, 5) is 25.7. The maximum Gasteiger partial charge on any atom is 0.226 e. The van der Waals surface area contributed by atoms with E-state index in [0.717, 1.165) is 16.7 Å². The lowest BCUT2D eigenvalue weighted by atomic mass is 9.83. The molecule has 0 saturated heterocycles. The maximum absolute atomic E-state index is 12.8. The lowest BCUT2D eigenvalue weighted by Crippen LogP contribution is -2.43. The van der Waals surface area contributed by atoms with E-state index in [1.165, 1.54) is 0 Å². The average molecular weight is 337 g/mol. The molecule has 0 spiro atoms. The number of aliphatic hydroxyl groups excluding tert-OH is 1. The Morgan fingerprint density at radius 2 is 1.88 bits per heavy atom. The number of ketones is 1. The zero-order valence-electron chi connectivity index (χ0n) is 14.4. The van der Waals surface area contributed by atoms with Gasteiger partial charge in [-0.05, 0) is 18.1 Å². The second kappa shape index (κ2) is 7.62. The molecule has 25 heavy (non-hydrogen) atoms. The fourth-order valence-corrected chi connectivity index (χ4v) is 3.15. The number of aryl methyl sites for hydroxylation is 1. The van der Waals surface area contributed by atoms with Crippen LogP contribution in [0.3, 0.4) is 0 Å². The van der Waals surface area contributed by atoms with Crippen molar-refractivity contribution in [2.24, 2.45) is 5.92 Å². The molecule has 1 saturated carbocycles. The van der Waals surface area contributed by atoms with E-state index in [1.54, 1.807) is 4.90 Å². The van der Waals surface area contributed by atoms with Crippen molar-refractivity contribution in [3.63, 3.8) is 0 Å². The predicted octanol–water partition coefficient (Wildman–Crippen LogP) is 3.04. The molecular weight excluding hydrogens is 314 g/mol. The Bertz CT molecular complexity index is 749. The second-order valence-corrected chi connectivity index (χ2v) is 6.78. The van der Waals surface area contributed by atoms with Crippen LogP contribution >= 0.6 is 0 Å². The maximum atomic E-state index is 12.8. The van der Waals surface area contributed by atoms with E-state index in [2.05, 4.69) is 0 Å². The third-order valence-corrected chi connectivity index (χ3v) is 4.65. The predicted molar refractivity (Wildman–Crippen MR) is 95.7 cm³/mol. The van der Waals surface area contributed by atoms with Gasteiger partial charge in [0.2, 0.25) is 5.91 Å². The molecule has 0 bridgehead atoms. The molecule has 1 amide bonds. The summed E-state index contributed by atoms with van der Waals surface area (Å²) in [5.74, 6) is -0.145. The van der Waals surface area contributed by atoms with E-state index in [1.807, 2.05) is 61.5 Å². The number of benzene rings is 2. The quantitative estimate of drug-likeness (QED) is 0.881. The average Bonchev–Trinajstić information content (AvgIpc) is 2.58. The van der Waals surface area contributed by atoms with E-state index >= 15 is 0 Å². The minimum Gasteiger partial charge on any atom is -0.387 e. The first kappa shape index (κ1) is 17.4. The fraction of sp³-hybridized carbons (Fsp3) is 0.333. The Morgan fingerprint density at radius 3 is 2.52 bits per heavy atom. The van der Waals surface area contributed by atoms with Gasteiger partial charge in [0.05, 0.1) is 18.6 Å². The highest BCUT2D eigenvalue weighted by Gasteiger charge is 2.36. The van der Waals surface area contributed by atoms with Gasteiger partial charge in [-0.2, -0.15) is 0 Å². The number of Topliss-reactive ketones (excluding diaryl/α,β-unsaturated/α-hetero) is 1. The van der Waals surface area contributed by atoms with E-state index in [9.17, 15) is 14.7 Å². The molecule has 0 radical (unpaired) electrons. The van der Waals surface area contributed by atoms with Crippen LogP contribution in [0.2, 0.25) is 0 Å². The molecule has 1 aliphatic rings. The smallest absolute Gasteiger partial charge is 0.226 e. The van der Waals surface area contributed by atoms with Gasteiger partial charge in [0.15, 0.2) is 0 Å². The summed E-state index contributed by atoms with van der Waals surface area (Å²) in [6.07, 6.45) is -0.0988. The van der Waals surface area contributed by atoms with E-state index < -0.39 is 6.10 Å². The van der Waals surface area contributed by atoms with Gasteiger partial charge in [0.25, 0.3) is 0 Å². The normalized spacial score (nSPS) is 15.5. The van der Waals surface area contributed by atoms with Crippen LogP contribution in [0, 0.1) is 12.8 Å². The molecule has 2 aromatic carbocycles. The topological polar surface area (TPSA) is 57.6 Å². The number of carbonyl (C=O) groups excluding carboxylic acids is 2. The van der Waals surface area contributed by atoms with Gasteiger partial charge >= 0.3 is 0 Å². The summed E-state index contributed by atoms with van der Waals surface area (Å²) < 4.78 is 0. The molecule has 4 nitrogen and oxygen atoms in total. The Labute approximate surface area is 148 Å². The van der Waals surface area contributed by atoms with Crippen molar-refractivity contribution < 1.29 is 14.7 Å². The summed E-state index contributed by atoms with van der Waals surface area (Å²) in [6.45, 7) is 2.64.